The molecular weight excluding hydrogens is 670 g/mol. The minimum Gasteiger partial charge on any atom is -0.449 e. The molecule has 3 heterocycles. The number of nitrogens with one attached hydrogen (secondary N) is 4. The van der Waals surface area contributed by atoms with E-state index in [0.29, 0.717) is 23.6 Å². The van der Waals surface area contributed by atoms with E-state index >= 15 is 0 Å². The van der Waals surface area contributed by atoms with E-state index in [4.69, 9.17) is 21.2 Å². The molecule has 2 fully saturated rings. The fourth-order valence-corrected chi connectivity index (χ4v) is 6.85. The predicted octanol–water partition coefficient (Wildman–Crippen LogP) is 4.13. The number of alkyl carbamates (subject to hydrolysis) is 1. The number of ketones is 1. The first kappa shape index (κ1) is 36.3. The normalized spacial score (nSPS) is 21.4. The summed E-state index contributed by atoms with van der Waals surface area (Å²) >= 11 is 7.78. The van der Waals surface area contributed by atoms with Crippen molar-refractivity contribution in [1.82, 2.24) is 26.3 Å². The standard InChI is InChI=1S/C35H44ClN5O7S/c1-5-7-25(28(42)31(44)37-24-10-11-24)38-30(43)27-18-35(17-26(40-48-35)22-8-6-9-23(36)16-22)20-41(27)32(45)29(34(2,3)4)39-33(46)47-14-12-21-13-15-49-19-21/h6,8-9,13,15-17,19,24-25,27,29,40H,5,7,10-12,14,18,20H2,1-4H3,(H,37,44)(H,38,43)(H,39,46)/t25-,27-,29+,35+/m0/s1. The molecular formula is C35H44ClN5O7S. The smallest absolute Gasteiger partial charge is 0.407 e. The third-order valence-corrected chi connectivity index (χ3v) is 9.74. The van der Waals surface area contributed by atoms with Crippen LogP contribution in [0, 0.1) is 5.41 Å². The fraction of sp³-hybridized carbons (Fsp3) is 0.514. The molecule has 2 aliphatic heterocycles. The molecule has 1 aliphatic carbocycles. The van der Waals surface area contributed by atoms with Crippen LogP contribution in [0.5, 0.6) is 0 Å². The number of hydrogen-bond acceptors (Lipinski definition) is 9. The average molecular weight is 714 g/mol. The van der Waals surface area contributed by atoms with E-state index in [0.717, 1.165) is 24.0 Å². The van der Waals surface area contributed by atoms with E-state index in [9.17, 15) is 24.0 Å². The Morgan fingerprint density at radius 2 is 1.94 bits per heavy atom. The lowest BCUT2D eigenvalue weighted by atomic mass is 9.85. The van der Waals surface area contributed by atoms with Gasteiger partial charge in [-0.05, 0) is 65.3 Å². The Hall–Kier alpha value is -3.94. The number of amides is 4. The van der Waals surface area contributed by atoms with Crippen molar-refractivity contribution in [3.8, 4) is 0 Å². The predicted molar refractivity (Wildman–Crippen MR) is 185 cm³/mol. The van der Waals surface area contributed by atoms with Gasteiger partial charge in [0.05, 0.1) is 24.9 Å². The summed E-state index contributed by atoms with van der Waals surface area (Å²) in [6.07, 6.45) is 4.05. The summed E-state index contributed by atoms with van der Waals surface area (Å²) in [6.45, 7) is 7.37. The number of benzene rings is 1. The summed E-state index contributed by atoms with van der Waals surface area (Å²) < 4.78 is 5.43. The Bertz CT molecular complexity index is 1590. The van der Waals surface area contributed by atoms with Crippen LogP contribution in [0.2, 0.25) is 5.02 Å². The van der Waals surface area contributed by atoms with Crippen LogP contribution in [-0.4, -0.2) is 77.4 Å². The summed E-state index contributed by atoms with van der Waals surface area (Å²) in [5, 5.41) is 12.6. The Balaban J connectivity index is 1.38. The maximum absolute atomic E-state index is 14.5. The van der Waals surface area contributed by atoms with Crippen molar-refractivity contribution in [3.05, 3.63) is 63.3 Å². The lowest BCUT2D eigenvalue weighted by Crippen LogP contribution is -2.59. The minimum absolute atomic E-state index is 0.0196. The summed E-state index contributed by atoms with van der Waals surface area (Å²) in [5.41, 5.74) is 3.45. The van der Waals surface area contributed by atoms with E-state index in [1.54, 1.807) is 50.3 Å². The summed E-state index contributed by atoms with van der Waals surface area (Å²) in [7, 11) is 0. The van der Waals surface area contributed by atoms with Crippen LogP contribution in [0.25, 0.3) is 5.70 Å². The number of likely N-dealkylation sites (tertiary alicyclic amines) is 1. The van der Waals surface area contributed by atoms with Gasteiger partial charge in [0, 0.05) is 29.5 Å². The molecule has 3 aliphatic rings. The van der Waals surface area contributed by atoms with Crippen LogP contribution in [-0.2, 0) is 35.2 Å². The molecule has 1 aromatic heterocycles. The maximum Gasteiger partial charge on any atom is 0.407 e. The highest BCUT2D eigenvalue weighted by Crippen LogP contribution is 2.39. The van der Waals surface area contributed by atoms with Crippen molar-refractivity contribution < 1.29 is 33.5 Å². The SMILES string of the molecule is CCC[C@H](NC(=O)[C@@H]1C[C@]2(C=C(c3cccc(Cl)c3)NO2)CN1C(=O)[C@@H](NC(=O)OCCc1ccsc1)C(C)(C)C)C(=O)C(=O)NC1CC1. The molecule has 12 nitrogen and oxygen atoms in total. The Morgan fingerprint density at radius 1 is 1.16 bits per heavy atom. The zero-order valence-corrected chi connectivity index (χ0v) is 29.7. The third-order valence-electron chi connectivity index (χ3n) is 8.77. The summed E-state index contributed by atoms with van der Waals surface area (Å²) in [5.74, 6) is -2.58. The van der Waals surface area contributed by atoms with Crippen LogP contribution in [0.4, 0.5) is 4.79 Å². The Morgan fingerprint density at radius 3 is 2.59 bits per heavy atom. The van der Waals surface area contributed by atoms with Gasteiger partial charge < -0.3 is 25.6 Å². The second kappa shape index (κ2) is 15.3. The number of hydrogen-bond donors (Lipinski definition) is 4. The van der Waals surface area contributed by atoms with Crippen LogP contribution < -0.4 is 21.4 Å². The quantitative estimate of drug-likeness (QED) is 0.226. The monoisotopic (exact) mass is 713 g/mol. The Labute approximate surface area is 295 Å². The second-order valence-electron chi connectivity index (χ2n) is 13.9. The van der Waals surface area contributed by atoms with E-state index in [-0.39, 0.29) is 32.0 Å². The van der Waals surface area contributed by atoms with Gasteiger partial charge in [0.2, 0.25) is 17.6 Å². The number of halogens is 1. The highest BCUT2D eigenvalue weighted by Gasteiger charge is 2.54. The van der Waals surface area contributed by atoms with Gasteiger partial charge in [0.1, 0.15) is 17.7 Å². The lowest BCUT2D eigenvalue weighted by molar-refractivity contribution is -0.144. The van der Waals surface area contributed by atoms with Crippen molar-refractivity contribution >= 4 is 58.2 Å². The van der Waals surface area contributed by atoms with Gasteiger partial charge in [-0.1, -0.05) is 57.8 Å². The van der Waals surface area contributed by atoms with Crippen LogP contribution in [0.15, 0.2) is 47.2 Å². The molecule has 49 heavy (non-hydrogen) atoms. The van der Waals surface area contributed by atoms with Crippen LogP contribution in [0.1, 0.15) is 70.9 Å². The van der Waals surface area contributed by atoms with Gasteiger partial charge in [-0.25, -0.2) is 4.79 Å². The molecule has 2 aromatic rings. The van der Waals surface area contributed by atoms with Gasteiger partial charge in [0.25, 0.3) is 5.91 Å². The van der Waals surface area contributed by atoms with Crippen molar-refractivity contribution in [3.63, 3.8) is 0 Å². The first-order valence-corrected chi connectivity index (χ1v) is 17.9. The number of ether oxygens (including phenoxy) is 1. The molecule has 0 bridgehead atoms. The highest BCUT2D eigenvalue weighted by molar-refractivity contribution is 7.07. The number of rotatable bonds is 13. The largest absolute Gasteiger partial charge is 0.449 e. The molecule has 5 rings (SSSR count). The molecule has 264 valence electrons. The Kier molecular flexibility index (Phi) is 11.4. The maximum atomic E-state index is 14.5. The highest BCUT2D eigenvalue weighted by atomic mass is 35.5. The zero-order chi connectivity index (χ0) is 35.3. The molecule has 1 saturated heterocycles. The number of thiophene rings is 1. The molecule has 0 unspecified atom stereocenters. The first-order chi connectivity index (χ1) is 23.3. The van der Waals surface area contributed by atoms with Crippen molar-refractivity contribution in [2.45, 2.75) is 96.0 Å². The second-order valence-corrected chi connectivity index (χ2v) is 15.2. The van der Waals surface area contributed by atoms with Gasteiger partial charge in [0.15, 0.2) is 0 Å². The first-order valence-electron chi connectivity index (χ1n) is 16.6. The fourth-order valence-electron chi connectivity index (χ4n) is 5.96. The third kappa shape index (κ3) is 9.20. The number of Topliss-reactive ketones (excluding diaryl/α,β-unsaturated/α-hetero) is 1. The van der Waals surface area contributed by atoms with Crippen LogP contribution >= 0.6 is 22.9 Å². The summed E-state index contributed by atoms with van der Waals surface area (Å²) in [4.78, 5) is 74.8. The molecule has 4 amide bonds. The zero-order valence-electron chi connectivity index (χ0n) is 28.2. The lowest BCUT2D eigenvalue weighted by Gasteiger charge is -2.35. The van der Waals surface area contributed by atoms with E-state index in [1.165, 1.54) is 4.90 Å². The number of nitrogens with zero attached hydrogens (tertiary/aromatic N) is 1. The molecule has 0 radical (unpaired) electrons. The topological polar surface area (TPSA) is 155 Å². The summed E-state index contributed by atoms with van der Waals surface area (Å²) in [6, 6.07) is 5.86. The van der Waals surface area contributed by atoms with E-state index in [2.05, 4.69) is 21.4 Å². The van der Waals surface area contributed by atoms with Crippen LogP contribution in [0.3, 0.4) is 0 Å². The number of hydroxylamine groups is 1. The van der Waals surface area contributed by atoms with Gasteiger partial charge in [-0.2, -0.15) is 11.3 Å². The minimum atomic E-state index is -1.12. The molecule has 4 atom stereocenters. The van der Waals surface area contributed by atoms with Gasteiger partial charge in [-0.15, -0.1) is 0 Å². The molecule has 14 heteroatoms. The van der Waals surface area contributed by atoms with Crippen molar-refractivity contribution in [2.75, 3.05) is 13.2 Å². The molecule has 4 N–H and O–H groups in total. The van der Waals surface area contributed by atoms with E-state index in [1.807, 2.05) is 35.9 Å². The molecule has 1 spiro atoms. The number of carbonyl (C=O) groups excluding carboxylic acids is 5. The molecule has 1 aromatic carbocycles. The van der Waals surface area contributed by atoms with E-state index < -0.39 is 58.7 Å². The van der Waals surface area contributed by atoms with Gasteiger partial charge >= 0.3 is 6.09 Å². The molecule has 1 saturated carbocycles. The van der Waals surface area contributed by atoms with Crippen molar-refractivity contribution in [1.29, 1.82) is 0 Å². The van der Waals surface area contributed by atoms with Crippen molar-refractivity contribution in [2.24, 2.45) is 5.41 Å². The number of carbonyl (C=O) groups is 5. The van der Waals surface area contributed by atoms with Gasteiger partial charge in [-0.3, -0.25) is 29.5 Å². The average Bonchev–Trinajstić information content (AvgIpc) is 3.40.